The van der Waals surface area contributed by atoms with Crippen molar-refractivity contribution < 1.29 is 14.3 Å². The molecule has 0 unspecified atom stereocenters. The van der Waals surface area contributed by atoms with Gasteiger partial charge in [-0.3, -0.25) is 9.36 Å². The number of amides is 1. The van der Waals surface area contributed by atoms with Gasteiger partial charge < -0.3 is 14.8 Å². The Morgan fingerprint density at radius 2 is 2.08 bits per heavy atom. The number of hydrogen-bond acceptors (Lipinski definition) is 6. The fourth-order valence-electron chi connectivity index (χ4n) is 2.18. The molecule has 2 rings (SSSR count). The molecule has 0 bridgehead atoms. The summed E-state index contributed by atoms with van der Waals surface area (Å²) in [4.78, 5) is 24.1. The normalized spacial score (nSPS) is 11.8. The smallest absolute Gasteiger partial charge is 0.343 e. The Balaban J connectivity index is 2.07. The molecule has 9 heteroatoms. The first-order valence-corrected chi connectivity index (χ1v) is 8.72. The number of methoxy groups -OCH3 is 2. The quantitative estimate of drug-likeness (QED) is 0.695. The van der Waals surface area contributed by atoms with Crippen LogP contribution in [-0.4, -0.2) is 40.1 Å². The van der Waals surface area contributed by atoms with Crippen molar-refractivity contribution in [3.05, 3.63) is 28.7 Å². The number of anilines is 1. The predicted octanol–water partition coefficient (Wildman–Crippen LogP) is 2.12. The van der Waals surface area contributed by atoms with Crippen LogP contribution in [0.3, 0.4) is 0 Å². The van der Waals surface area contributed by atoms with Crippen LogP contribution >= 0.6 is 11.8 Å². The lowest BCUT2D eigenvalue weighted by atomic mass is 10.2. The number of carbonyl (C=O) groups excluding carboxylic acids is 1. The number of benzene rings is 1. The first-order chi connectivity index (χ1) is 12.0. The maximum Gasteiger partial charge on any atom is 0.343 e. The number of hydrogen-bond donors (Lipinski definition) is 2. The summed E-state index contributed by atoms with van der Waals surface area (Å²) in [5.41, 5.74) is 0.333. The van der Waals surface area contributed by atoms with Gasteiger partial charge in [0, 0.05) is 18.3 Å². The fraction of sp³-hybridized carbons (Fsp3) is 0.438. The summed E-state index contributed by atoms with van der Waals surface area (Å²) in [7, 11) is 3.08. The topological polar surface area (TPSA) is 98.2 Å². The lowest BCUT2D eigenvalue weighted by Gasteiger charge is -2.13. The zero-order valence-electron chi connectivity index (χ0n) is 14.7. The standard InChI is InChI=1S/C16H22N4O4S/c1-5-8-20-15(22)18-19-16(20)25-10(2)14(21)17-11-6-7-12(23-3)13(9-11)24-4/h6-7,9-10H,5,8H2,1-4H3,(H,17,21)(H,18,22)/t10-/m0/s1. The second-order valence-electron chi connectivity index (χ2n) is 5.28. The van der Waals surface area contributed by atoms with E-state index in [2.05, 4.69) is 15.5 Å². The van der Waals surface area contributed by atoms with E-state index in [1.807, 2.05) is 6.92 Å². The van der Waals surface area contributed by atoms with Gasteiger partial charge in [0.25, 0.3) is 0 Å². The third-order valence-electron chi connectivity index (χ3n) is 3.47. The van der Waals surface area contributed by atoms with Gasteiger partial charge in [-0.15, -0.1) is 5.10 Å². The molecule has 8 nitrogen and oxygen atoms in total. The second-order valence-corrected chi connectivity index (χ2v) is 6.59. The Hall–Kier alpha value is -2.42. The molecule has 1 amide bonds. The van der Waals surface area contributed by atoms with Crippen LogP contribution < -0.4 is 20.5 Å². The predicted molar refractivity (Wildman–Crippen MR) is 96.6 cm³/mol. The molecule has 1 aromatic carbocycles. The van der Waals surface area contributed by atoms with Gasteiger partial charge in [0.05, 0.1) is 19.5 Å². The van der Waals surface area contributed by atoms with Crippen molar-refractivity contribution in [3.8, 4) is 11.5 Å². The molecule has 0 aliphatic heterocycles. The number of rotatable bonds is 8. The average Bonchev–Trinajstić information content (AvgIpc) is 2.95. The van der Waals surface area contributed by atoms with E-state index in [0.29, 0.717) is 28.9 Å². The number of aromatic amines is 1. The van der Waals surface area contributed by atoms with Crippen LogP contribution in [0.4, 0.5) is 5.69 Å². The van der Waals surface area contributed by atoms with Crippen molar-refractivity contribution in [2.75, 3.05) is 19.5 Å². The number of carbonyl (C=O) groups is 1. The zero-order chi connectivity index (χ0) is 18.4. The molecule has 2 N–H and O–H groups in total. The van der Waals surface area contributed by atoms with Crippen molar-refractivity contribution in [1.29, 1.82) is 0 Å². The van der Waals surface area contributed by atoms with E-state index in [-0.39, 0.29) is 11.6 Å². The minimum absolute atomic E-state index is 0.198. The van der Waals surface area contributed by atoms with Gasteiger partial charge in [-0.2, -0.15) is 0 Å². The van der Waals surface area contributed by atoms with Crippen LogP contribution in [0.1, 0.15) is 20.3 Å². The first kappa shape index (κ1) is 18.9. The Bertz CT molecular complexity index is 787. The Labute approximate surface area is 149 Å². The molecule has 25 heavy (non-hydrogen) atoms. The maximum absolute atomic E-state index is 12.4. The largest absolute Gasteiger partial charge is 0.493 e. The Morgan fingerprint density at radius 1 is 1.36 bits per heavy atom. The highest BCUT2D eigenvalue weighted by molar-refractivity contribution is 8.00. The Morgan fingerprint density at radius 3 is 2.72 bits per heavy atom. The van der Waals surface area contributed by atoms with Gasteiger partial charge >= 0.3 is 5.69 Å². The molecular weight excluding hydrogens is 344 g/mol. The fourth-order valence-corrected chi connectivity index (χ4v) is 3.07. The van der Waals surface area contributed by atoms with Crippen LogP contribution in [0.5, 0.6) is 11.5 Å². The first-order valence-electron chi connectivity index (χ1n) is 7.84. The summed E-state index contributed by atoms with van der Waals surface area (Å²) in [5.74, 6) is 0.920. The molecule has 0 saturated heterocycles. The van der Waals surface area contributed by atoms with E-state index < -0.39 is 5.25 Å². The molecule has 0 radical (unpaired) electrons. The van der Waals surface area contributed by atoms with Crippen molar-refractivity contribution in [1.82, 2.24) is 14.8 Å². The summed E-state index contributed by atoms with van der Waals surface area (Å²) in [6, 6.07) is 5.15. The highest BCUT2D eigenvalue weighted by atomic mass is 32.2. The number of aromatic nitrogens is 3. The number of thioether (sulfide) groups is 1. The zero-order valence-corrected chi connectivity index (χ0v) is 15.5. The lowest BCUT2D eigenvalue weighted by molar-refractivity contribution is -0.115. The SMILES string of the molecule is CCCn1c(S[C@@H](C)C(=O)Nc2ccc(OC)c(OC)c2)n[nH]c1=O. The van der Waals surface area contributed by atoms with Gasteiger partial charge in [0.1, 0.15) is 0 Å². The summed E-state index contributed by atoms with van der Waals surface area (Å²) >= 11 is 1.23. The minimum Gasteiger partial charge on any atom is -0.493 e. The van der Waals surface area contributed by atoms with Gasteiger partial charge in [0.15, 0.2) is 16.7 Å². The van der Waals surface area contributed by atoms with Gasteiger partial charge in [-0.05, 0) is 25.5 Å². The minimum atomic E-state index is -0.432. The van der Waals surface area contributed by atoms with E-state index in [9.17, 15) is 9.59 Å². The van der Waals surface area contributed by atoms with Gasteiger partial charge in [0.2, 0.25) is 5.91 Å². The molecule has 1 aromatic heterocycles. The van der Waals surface area contributed by atoms with E-state index >= 15 is 0 Å². The summed E-state index contributed by atoms with van der Waals surface area (Å²) in [5, 5.41) is 9.30. The third-order valence-corrected chi connectivity index (χ3v) is 4.56. The van der Waals surface area contributed by atoms with Gasteiger partial charge in [-0.25, -0.2) is 9.89 Å². The van der Waals surface area contributed by atoms with Crippen LogP contribution in [0, 0.1) is 0 Å². The molecule has 0 fully saturated rings. The summed E-state index contributed by atoms with van der Waals surface area (Å²) in [6.45, 7) is 4.29. The number of H-pyrrole nitrogens is 1. The van der Waals surface area contributed by atoms with Gasteiger partial charge in [-0.1, -0.05) is 18.7 Å². The highest BCUT2D eigenvalue weighted by Gasteiger charge is 2.19. The van der Waals surface area contributed by atoms with E-state index in [1.165, 1.54) is 23.4 Å². The van der Waals surface area contributed by atoms with Crippen LogP contribution in [-0.2, 0) is 11.3 Å². The second kappa shape index (κ2) is 8.61. The molecule has 0 spiro atoms. The number of nitrogens with zero attached hydrogens (tertiary/aromatic N) is 2. The highest BCUT2D eigenvalue weighted by Crippen LogP contribution is 2.30. The lowest BCUT2D eigenvalue weighted by Crippen LogP contribution is -2.24. The van der Waals surface area contributed by atoms with E-state index in [4.69, 9.17) is 9.47 Å². The van der Waals surface area contributed by atoms with Crippen molar-refractivity contribution in [2.45, 2.75) is 37.2 Å². The molecule has 0 aliphatic rings. The monoisotopic (exact) mass is 366 g/mol. The molecule has 0 aliphatic carbocycles. The summed E-state index contributed by atoms with van der Waals surface area (Å²) < 4.78 is 11.9. The maximum atomic E-state index is 12.4. The molecule has 136 valence electrons. The van der Waals surface area contributed by atoms with Crippen molar-refractivity contribution >= 4 is 23.4 Å². The Kier molecular flexibility index (Phi) is 6.51. The average molecular weight is 366 g/mol. The molecular formula is C16H22N4O4S. The molecule has 2 aromatic rings. The molecule has 0 saturated carbocycles. The van der Waals surface area contributed by atoms with Crippen molar-refractivity contribution in [2.24, 2.45) is 0 Å². The number of nitrogens with one attached hydrogen (secondary N) is 2. The summed E-state index contributed by atoms with van der Waals surface area (Å²) in [6.07, 6.45) is 0.805. The van der Waals surface area contributed by atoms with E-state index in [0.717, 1.165) is 6.42 Å². The van der Waals surface area contributed by atoms with E-state index in [1.54, 1.807) is 32.2 Å². The number of ether oxygens (including phenoxy) is 2. The molecule has 1 heterocycles. The van der Waals surface area contributed by atoms with Crippen molar-refractivity contribution in [3.63, 3.8) is 0 Å². The van der Waals surface area contributed by atoms with Crippen LogP contribution in [0.2, 0.25) is 0 Å². The molecule has 1 atom stereocenters. The van der Waals surface area contributed by atoms with Crippen LogP contribution in [0.25, 0.3) is 0 Å². The van der Waals surface area contributed by atoms with Crippen LogP contribution in [0.15, 0.2) is 28.2 Å². The third kappa shape index (κ3) is 4.56.